The van der Waals surface area contributed by atoms with E-state index < -0.39 is 6.04 Å². The van der Waals surface area contributed by atoms with Gasteiger partial charge in [0.1, 0.15) is 6.04 Å². The Kier molecular flexibility index (Phi) is 5.86. The van der Waals surface area contributed by atoms with E-state index in [4.69, 9.17) is 5.73 Å². The first kappa shape index (κ1) is 18.2. The number of rotatable bonds is 6. The Labute approximate surface area is 156 Å². The maximum absolute atomic E-state index is 12.2. The Morgan fingerprint density at radius 1 is 0.963 bits per heavy atom. The third-order valence-electron chi connectivity index (χ3n) is 3.92. The molecule has 1 unspecified atom stereocenters. The second-order valence-corrected chi connectivity index (χ2v) is 5.83. The molecular formula is C20H19N5O2. The number of nitrogens with zero attached hydrogens (tertiary/aromatic N) is 2. The minimum atomic E-state index is -0.828. The second kappa shape index (κ2) is 8.68. The van der Waals surface area contributed by atoms with Crippen LogP contribution < -0.4 is 16.4 Å². The van der Waals surface area contributed by atoms with Crippen LogP contribution in [0.2, 0.25) is 0 Å². The molecule has 0 radical (unpaired) electrons. The number of hydrogen-bond acceptors (Lipinski definition) is 5. The van der Waals surface area contributed by atoms with Crippen molar-refractivity contribution < 1.29 is 9.59 Å². The van der Waals surface area contributed by atoms with Crippen LogP contribution >= 0.6 is 0 Å². The standard InChI is InChI=1S/C20H19N5O2/c21-18(20(27)24-13-17-3-1-2-10-23-17)14-4-6-15(7-5-14)19(26)25-16-8-11-22-12-9-16/h1-12,18H,13,21H2,(H,24,27)(H,22,25,26). The fraction of sp³-hybridized carbons (Fsp3) is 0.100. The first-order chi connectivity index (χ1) is 13.1. The number of hydrogen-bond donors (Lipinski definition) is 3. The number of anilines is 1. The quantitative estimate of drug-likeness (QED) is 0.622. The van der Waals surface area contributed by atoms with Crippen molar-refractivity contribution in [1.82, 2.24) is 15.3 Å². The van der Waals surface area contributed by atoms with Gasteiger partial charge in [-0.2, -0.15) is 0 Å². The third kappa shape index (κ3) is 4.96. The van der Waals surface area contributed by atoms with Crippen molar-refractivity contribution >= 4 is 17.5 Å². The molecule has 3 aromatic rings. The van der Waals surface area contributed by atoms with Gasteiger partial charge in [-0.1, -0.05) is 18.2 Å². The molecule has 27 heavy (non-hydrogen) atoms. The Morgan fingerprint density at radius 3 is 2.37 bits per heavy atom. The van der Waals surface area contributed by atoms with Gasteiger partial charge >= 0.3 is 0 Å². The summed E-state index contributed by atoms with van der Waals surface area (Å²) in [6, 6.07) is 14.7. The highest BCUT2D eigenvalue weighted by Gasteiger charge is 2.16. The first-order valence-electron chi connectivity index (χ1n) is 8.38. The molecule has 2 heterocycles. The smallest absolute Gasteiger partial charge is 0.255 e. The van der Waals surface area contributed by atoms with Crippen molar-refractivity contribution in [2.24, 2.45) is 5.73 Å². The summed E-state index contributed by atoms with van der Waals surface area (Å²) in [5.74, 6) is -0.560. The predicted molar refractivity (Wildman–Crippen MR) is 102 cm³/mol. The summed E-state index contributed by atoms with van der Waals surface area (Å²) in [5.41, 5.74) is 8.51. The molecule has 1 aromatic carbocycles. The molecule has 0 aliphatic carbocycles. The topological polar surface area (TPSA) is 110 Å². The van der Waals surface area contributed by atoms with Gasteiger partial charge in [-0.3, -0.25) is 19.6 Å². The molecule has 0 bridgehead atoms. The maximum Gasteiger partial charge on any atom is 0.255 e. The molecule has 0 aliphatic heterocycles. The third-order valence-corrected chi connectivity index (χ3v) is 3.92. The largest absolute Gasteiger partial charge is 0.349 e. The number of carbonyl (C=O) groups excluding carboxylic acids is 2. The van der Waals surface area contributed by atoms with Crippen molar-refractivity contribution in [3.63, 3.8) is 0 Å². The van der Waals surface area contributed by atoms with E-state index in [-0.39, 0.29) is 11.8 Å². The maximum atomic E-state index is 12.2. The molecule has 3 rings (SSSR count). The normalized spacial score (nSPS) is 11.4. The van der Waals surface area contributed by atoms with E-state index in [0.717, 1.165) is 5.69 Å². The Morgan fingerprint density at radius 2 is 1.70 bits per heavy atom. The van der Waals surface area contributed by atoms with Crippen LogP contribution in [0.1, 0.15) is 27.7 Å². The van der Waals surface area contributed by atoms with E-state index in [2.05, 4.69) is 20.6 Å². The van der Waals surface area contributed by atoms with Gasteiger partial charge in [0.25, 0.3) is 5.91 Å². The van der Waals surface area contributed by atoms with E-state index >= 15 is 0 Å². The van der Waals surface area contributed by atoms with Crippen LogP contribution in [0.3, 0.4) is 0 Å². The lowest BCUT2D eigenvalue weighted by atomic mass is 10.0. The molecule has 7 nitrogen and oxygen atoms in total. The van der Waals surface area contributed by atoms with Gasteiger partial charge < -0.3 is 16.4 Å². The molecule has 0 saturated carbocycles. The highest BCUT2D eigenvalue weighted by molar-refractivity contribution is 6.04. The number of aromatic nitrogens is 2. The van der Waals surface area contributed by atoms with E-state index in [1.165, 1.54) is 0 Å². The van der Waals surface area contributed by atoms with Crippen molar-refractivity contribution in [1.29, 1.82) is 0 Å². The molecule has 2 aromatic heterocycles. The molecule has 0 aliphatic rings. The van der Waals surface area contributed by atoms with Crippen molar-refractivity contribution in [2.45, 2.75) is 12.6 Å². The number of amides is 2. The first-order valence-corrected chi connectivity index (χ1v) is 8.38. The molecular weight excluding hydrogens is 342 g/mol. The average Bonchev–Trinajstić information content (AvgIpc) is 2.73. The highest BCUT2D eigenvalue weighted by atomic mass is 16.2. The molecule has 4 N–H and O–H groups in total. The van der Waals surface area contributed by atoms with Gasteiger partial charge in [0.05, 0.1) is 12.2 Å². The van der Waals surface area contributed by atoms with Crippen LogP contribution in [-0.4, -0.2) is 21.8 Å². The summed E-state index contributed by atoms with van der Waals surface area (Å²) in [6.07, 6.45) is 4.86. The molecule has 2 amide bonds. The zero-order valence-electron chi connectivity index (χ0n) is 14.5. The van der Waals surface area contributed by atoms with Crippen LogP contribution in [0.4, 0.5) is 5.69 Å². The summed E-state index contributed by atoms with van der Waals surface area (Å²) in [4.78, 5) is 32.5. The molecule has 0 saturated heterocycles. The zero-order chi connectivity index (χ0) is 19.1. The summed E-state index contributed by atoms with van der Waals surface area (Å²) >= 11 is 0. The van der Waals surface area contributed by atoms with Crippen LogP contribution in [-0.2, 0) is 11.3 Å². The molecule has 7 heteroatoms. The Hall–Kier alpha value is -3.58. The number of nitrogens with two attached hydrogens (primary N) is 1. The van der Waals surface area contributed by atoms with Crippen LogP contribution in [0, 0.1) is 0 Å². The average molecular weight is 361 g/mol. The lowest BCUT2D eigenvalue weighted by Gasteiger charge is -2.13. The summed E-state index contributed by atoms with van der Waals surface area (Å²) in [5, 5.41) is 5.53. The number of nitrogens with one attached hydrogen (secondary N) is 2. The van der Waals surface area contributed by atoms with Gasteiger partial charge in [0.15, 0.2) is 0 Å². The summed E-state index contributed by atoms with van der Waals surface area (Å²) < 4.78 is 0. The number of pyridine rings is 2. The van der Waals surface area contributed by atoms with Crippen molar-refractivity contribution in [2.75, 3.05) is 5.32 Å². The van der Waals surface area contributed by atoms with Crippen LogP contribution in [0.25, 0.3) is 0 Å². The minimum Gasteiger partial charge on any atom is -0.349 e. The van der Waals surface area contributed by atoms with Gasteiger partial charge in [-0.15, -0.1) is 0 Å². The van der Waals surface area contributed by atoms with Crippen LogP contribution in [0.15, 0.2) is 73.2 Å². The van der Waals surface area contributed by atoms with Gasteiger partial charge in [0.2, 0.25) is 5.91 Å². The number of carbonyl (C=O) groups is 2. The van der Waals surface area contributed by atoms with E-state index in [9.17, 15) is 9.59 Å². The van der Waals surface area contributed by atoms with E-state index in [0.29, 0.717) is 23.4 Å². The van der Waals surface area contributed by atoms with E-state index in [1.54, 1.807) is 55.0 Å². The van der Waals surface area contributed by atoms with Gasteiger partial charge in [-0.05, 0) is 42.0 Å². The van der Waals surface area contributed by atoms with Crippen LogP contribution in [0.5, 0.6) is 0 Å². The van der Waals surface area contributed by atoms with Gasteiger partial charge in [-0.25, -0.2) is 0 Å². The monoisotopic (exact) mass is 361 g/mol. The second-order valence-electron chi connectivity index (χ2n) is 5.83. The zero-order valence-corrected chi connectivity index (χ0v) is 14.5. The molecule has 1 atom stereocenters. The lowest BCUT2D eigenvalue weighted by molar-refractivity contribution is -0.122. The van der Waals surface area contributed by atoms with Gasteiger partial charge in [0, 0.05) is 29.8 Å². The van der Waals surface area contributed by atoms with E-state index in [1.807, 2.05) is 18.2 Å². The summed E-state index contributed by atoms with van der Waals surface area (Å²) in [6.45, 7) is 0.305. The molecule has 136 valence electrons. The fourth-order valence-corrected chi connectivity index (χ4v) is 2.42. The predicted octanol–water partition coefficient (Wildman–Crippen LogP) is 2.05. The Balaban J connectivity index is 1.58. The Bertz CT molecular complexity index is 899. The summed E-state index contributed by atoms with van der Waals surface area (Å²) in [7, 11) is 0. The minimum absolute atomic E-state index is 0.249. The highest BCUT2D eigenvalue weighted by Crippen LogP contribution is 2.14. The SMILES string of the molecule is NC(C(=O)NCc1ccccn1)c1ccc(C(=O)Nc2ccncc2)cc1. The molecule has 0 spiro atoms. The lowest BCUT2D eigenvalue weighted by Crippen LogP contribution is -2.33. The number of benzene rings is 1. The van der Waals surface area contributed by atoms with Crippen molar-refractivity contribution in [3.05, 3.63) is 90.0 Å². The van der Waals surface area contributed by atoms with Crippen molar-refractivity contribution in [3.8, 4) is 0 Å². The fourth-order valence-electron chi connectivity index (χ4n) is 2.42. The molecule has 0 fully saturated rings.